The van der Waals surface area contributed by atoms with Gasteiger partial charge in [0, 0.05) is 29.8 Å². The Morgan fingerprint density at radius 3 is 2.45 bits per heavy atom. The molecule has 4 aromatic carbocycles. The van der Waals surface area contributed by atoms with E-state index in [1.807, 2.05) is 12.1 Å². The van der Waals surface area contributed by atoms with E-state index in [0.717, 1.165) is 22.3 Å². The highest BCUT2D eigenvalue weighted by atomic mass is 32.2. The molecular formula is C33H25F4N3O6S. The molecule has 0 radical (unpaired) electrons. The van der Waals surface area contributed by atoms with Gasteiger partial charge in [-0.25, -0.2) is 22.6 Å². The van der Waals surface area contributed by atoms with Crippen molar-refractivity contribution < 1.29 is 46.1 Å². The normalized spacial score (nSPS) is 15.0. The number of para-hydroxylation sites is 1. The average molecular weight is 668 g/mol. The third-order valence-corrected chi connectivity index (χ3v) is 8.39. The monoisotopic (exact) mass is 667 g/mol. The van der Waals surface area contributed by atoms with Gasteiger partial charge in [-0.05, 0) is 54.4 Å². The van der Waals surface area contributed by atoms with E-state index in [4.69, 9.17) is 18.9 Å². The summed E-state index contributed by atoms with van der Waals surface area (Å²) in [6, 6.07) is 16.3. The van der Waals surface area contributed by atoms with E-state index >= 15 is 0 Å². The number of thioether (sulfide) groups is 1. The predicted molar refractivity (Wildman–Crippen MR) is 164 cm³/mol. The molecule has 0 fully saturated rings. The number of amides is 2. The number of hydrogen-bond donors (Lipinski definition) is 1. The maximum Gasteiger partial charge on any atom is 0.281 e. The SMILES string of the molecule is COc1c(OCC(=O)NCCc2ccc3c(c2)OCO3)cccc1C1SC(c2ccc(F)cc2)=NN1C(=O)c1c(F)cc(F)cc1F. The number of methoxy groups -OCH3 is 1. The molecule has 0 saturated heterocycles. The van der Waals surface area contributed by atoms with Gasteiger partial charge in [0.2, 0.25) is 6.79 Å². The summed E-state index contributed by atoms with van der Waals surface area (Å²) in [5, 5.41) is 7.13. The number of carbonyl (C=O) groups is 2. The Balaban J connectivity index is 1.20. The van der Waals surface area contributed by atoms with Crippen molar-refractivity contribution in [2.24, 2.45) is 5.10 Å². The van der Waals surface area contributed by atoms with E-state index in [-0.39, 0.29) is 29.9 Å². The van der Waals surface area contributed by atoms with Gasteiger partial charge in [0.05, 0.1) is 7.11 Å². The lowest BCUT2D eigenvalue weighted by atomic mass is 10.1. The molecule has 47 heavy (non-hydrogen) atoms. The zero-order valence-corrected chi connectivity index (χ0v) is 25.4. The third-order valence-electron chi connectivity index (χ3n) is 7.18. The Morgan fingerprint density at radius 2 is 1.70 bits per heavy atom. The van der Waals surface area contributed by atoms with Crippen molar-refractivity contribution in [1.82, 2.24) is 10.3 Å². The molecule has 1 N–H and O–H groups in total. The van der Waals surface area contributed by atoms with Crippen LogP contribution in [0.5, 0.6) is 23.0 Å². The summed E-state index contributed by atoms with van der Waals surface area (Å²) in [5.41, 5.74) is 0.682. The highest BCUT2D eigenvalue weighted by Gasteiger charge is 2.39. The Morgan fingerprint density at radius 1 is 0.957 bits per heavy atom. The van der Waals surface area contributed by atoms with Crippen molar-refractivity contribution in [3.63, 3.8) is 0 Å². The molecule has 2 aliphatic heterocycles. The lowest BCUT2D eigenvalue weighted by Gasteiger charge is -2.24. The first-order chi connectivity index (χ1) is 22.7. The van der Waals surface area contributed by atoms with Crippen LogP contribution < -0.4 is 24.3 Å². The van der Waals surface area contributed by atoms with Gasteiger partial charge in [0.1, 0.15) is 39.2 Å². The third kappa shape index (κ3) is 6.82. The summed E-state index contributed by atoms with van der Waals surface area (Å²) in [6.45, 7) is 0.124. The molecule has 2 heterocycles. The van der Waals surface area contributed by atoms with Gasteiger partial charge < -0.3 is 24.3 Å². The summed E-state index contributed by atoms with van der Waals surface area (Å²) < 4.78 is 78.8. The molecule has 6 rings (SSSR count). The number of rotatable bonds is 10. The van der Waals surface area contributed by atoms with Crippen LogP contribution >= 0.6 is 11.8 Å². The summed E-state index contributed by atoms with van der Waals surface area (Å²) in [6.07, 6.45) is 0.537. The second kappa shape index (κ2) is 13.6. The molecule has 14 heteroatoms. The lowest BCUT2D eigenvalue weighted by molar-refractivity contribution is -0.123. The summed E-state index contributed by atoms with van der Waals surface area (Å²) >= 11 is 1.03. The molecule has 0 spiro atoms. The summed E-state index contributed by atoms with van der Waals surface area (Å²) in [5.74, 6) is -4.51. The summed E-state index contributed by atoms with van der Waals surface area (Å²) in [4.78, 5) is 26.2. The van der Waals surface area contributed by atoms with Gasteiger partial charge in [-0.2, -0.15) is 5.10 Å². The molecule has 0 aliphatic carbocycles. The van der Waals surface area contributed by atoms with Crippen LogP contribution in [0.4, 0.5) is 17.6 Å². The Kier molecular flexibility index (Phi) is 9.20. The number of fused-ring (bicyclic) bond motifs is 1. The van der Waals surface area contributed by atoms with Crippen LogP contribution in [-0.2, 0) is 11.2 Å². The molecule has 2 aliphatic rings. The quantitative estimate of drug-likeness (QED) is 0.208. The van der Waals surface area contributed by atoms with E-state index < -0.39 is 46.0 Å². The molecular weight excluding hydrogens is 642 g/mol. The first kappa shape index (κ1) is 31.7. The molecule has 0 saturated carbocycles. The van der Waals surface area contributed by atoms with Gasteiger partial charge in [-0.3, -0.25) is 9.59 Å². The molecule has 9 nitrogen and oxygen atoms in total. The van der Waals surface area contributed by atoms with E-state index in [2.05, 4.69) is 10.4 Å². The van der Waals surface area contributed by atoms with Gasteiger partial charge in [0.25, 0.3) is 11.8 Å². The summed E-state index contributed by atoms with van der Waals surface area (Å²) in [7, 11) is 1.35. The highest BCUT2D eigenvalue weighted by Crippen LogP contribution is 2.48. The van der Waals surface area contributed by atoms with E-state index in [0.29, 0.717) is 47.7 Å². The molecule has 1 unspecified atom stereocenters. The van der Waals surface area contributed by atoms with Crippen LogP contribution in [0.15, 0.2) is 77.9 Å². The fraction of sp³-hybridized carbons (Fsp3) is 0.182. The average Bonchev–Trinajstić information content (AvgIpc) is 3.71. The van der Waals surface area contributed by atoms with Crippen molar-refractivity contribution in [2.75, 3.05) is 27.1 Å². The Hall–Kier alpha value is -5.24. The number of nitrogens with one attached hydrogen (secondary N) is 1. The van der Waals surface area contributed by atoms with Crippen LogP contribution in [0.1, 0.15) is 32.4 Å². The minimum Gasteiger partial charge on any atom is -0.492 e. The van der Waals surface area contributed by atoms with Gasteiger partial charge in [-0.15, -0.1) is 0 Å². The zero-order chi connectivity index (χ0) is 33.1. The van der Waals surface area contributed by atoms with Crippen LogP contribution in [0, 0.1) is 23.3 Å². The van der Waals surface area contributed by atoms with Crippen molar-refractivity contribution >= 4 is 28.6 Å². The molecule has 0 bridgehead atoms. The van der Waals surface area contributed by atoms with Crippen molar-refractivity contribution in [1.29, 1.82) is 0 Å². The molecule has 242 valence electrons. The van der Waals surface area contributed by atoms with Crippen molar-refractivity contribution in [2.45, 2.75) is 11.8 Å². The van der Waals surface area contributed by atoms with Crippen molar-refractivity contribution in [3.8, 4) is 23.0 Å². The van der Waals surface area contributed by atoms with Crippen LogP contribution in [-0.4, -0.2) is 48.9 Å². The number of hydrazone groups is 1. The Bertz CT molecular complexity index is 1850. The predicted octanol–water partition coefficient (Wildman–Crippen LogP) is 5.97. The molecule has 4 aromatic rings. The Labute approximate surface area is 270 Å². The smallest absolute Gasteiger partial charge is 0.281 e. The first-order valence-electron chi connectivity index (χ1n) is 14.2. The number of hydrogen-bond acceptors (Lipinski definition) is 8. The maximum atomic E-state index is 14.7. The number of ether oxygens (including phenoxy) is 4. The largest absolute Gasteiger partial charge is 0.492 e. The number of carbonyl (C=O) groups excluding carboxylic acids is 2. The second-order valence-electron chi connectivity index (χ2n) is 10.2. The number of nitrogens with zero attached hydrogens (tertiary/aromatic N) is 2. The van der Waals surface area contributed by atoms with Gasteiger partial charge in [-0.1, -0.05) is 30.0 Å². The van der Waals surface area contributed by atoms with Gasteiger partial charge in [0.15, 0.2) is 29.6 Å². The maximum absolute atomic E-state index is 14.7. The van der Waals surface area contributed by atoms with Crippen molar-refractivity contribution in [3.05, 3.63) is 118 Å². The standard InChI is InChI=1S/C33H25F4N3O6S/c1-43-30-22(3-2-4-26(30)44-16-28(41)38-12-11-18-5-10-25-27(13-18)46-17-45-25)33-40(32(42)29-23(36)14-21(35)15-24(29)37)39-31(47-33)19-6-8-20(34)9-7-19/h2-10,13-15,33H,11-12,16-17H2,1H3,(H,38,41). The fourth-order valence-corrected chi connectivity index (χ4v) is 6.13. The second-order valence-corrected chi connectivity index (χ2v) is 11.3. The molecule has 1 atom stereocenters. The lowest BCUT2D eigenvalue weighted by Crippen LogP contribution is -2.30. The van der Waals surface area contributed by atoms with Crippen LogP contribution in [0.2, 0.25) is 0 Å². The zero-order valence-electron chi connectivity index (χ0n) is 24.6. The fourth-order valence-electron chi connectivity index (χ4n) is 4.95. The highest BCUT2D eigenvalue weighted by molar-refractivity contribution is 8.14. The van der Waals surface area contributed by atoms with E-state index in [1.165, 1.54) is 31.4 Å². The number of halogens is 4. The van der Waals surface area contributed by atoms with E-state index in [9.17, 15) is 27.2 Å². The molecule has 2 amide bonds. The molecule has 0 aromatic heterocycles. The first-order valence-corrected chi connectivity index (χ1v) is 15.0. The minimum atomic E-state index is -1.41. The topological polar surface area (TPSA) is 98.7 Å². The van der Waals surface area contributed by atoms with E-state index in [1.54, 1.807) is 24.3 Å². The van der Waals surface area contributed by atoms with Crippen LogP contribution in [0.25, 0.3) is 0 Å². The van der Waals surface area contributed by atoms with Gasteiger partial charge >= 0.3 is 0 Å². The number of benzene rings is 4. The van der Waals surface area contributed by atoms with Crippen LogP contribution in [0.3, 0.4) is 0 Å². The minimum absolute atomic E-state index is 0.131.